The molecule has 1 heterocycles. The van der Waals surface area contributed by atoms with Crippen LogP contribution in [0.4, 0.5) is 4.39 Å². The van der Waals surface area contributed by atoms with Crippen molar-refractivity contribution in [3.63, 3.8) is 0 Å². The molecule has 0 amide bonds. The Morgan fingerprint density at radius 2 is 1.33 bits per heavy atom. The minimum absolute atomic E-state index is 0.108. The van der Waals surface area contributed by atoms with Gasteiger partial charge in [0.15, 0.2) is 11.0 Å². The van der Waals surface area contributed by atoms with E-state index >= 15 is 0 Å². The molecule has 0 radical (unpaired) electrons. The fourth-order valence-electron chi connectivity index (χ4n) is 2.96. The third kappa shape index (κ3) is 3.78. The van der Waals surface area contributed by atoms with Crippen LogP contribution in [0, 0.1) is 5.82 Å². The Morgan fingerprint density at radius 1 is 0.778 bits per heavy atom. The van der Waals surface area contributed by atoms with E-state index < -0.39 is 0 Å². The number of hydrogen-bond donors (Lipinski definition) is 0. The lowest BCUT2D eigenvalue weighted by molar-refractivity contribution is 0.628. The summed E-state index contributed by atoms with van der Waals surface area (Å²) in [6, 6.07) is 27.1. The molecule has 0 aliphatic rings. The van der Waals surface area contributed by atoms with E-state index in [9.17, 15) is 4.39 Å². The number of rotatable bonds is 5. The summed E-state index contributed by atoms with van der Waals surface area (Å²) in [5, 5.41) is 9.63. The molecule has 0 aliphatic heterocycles. The molecule has 4 aromatic rings. The predicted molar refractivity (Wildman–Crippen MR) is 107 cm³/mol. The van der Waals surface area contributed by atoms with Crippen molar-refractivity contribution < 1.29 is 4.39 Å². The average molecular weight is 375 g/mol. The van der Waals surface area contributed by atoms with Gasteiger partial charge >= 0.3 is 0 Å². The standard InChI is InChI=1S/C22H18FN3S/c1-26-21(18-12-14-19(23)15-13-18)24-25-22(26)27-20(16-8-4-2-5-9-16)17-10-6-3-7-11-17/h2-15,20H,1H3. The van der Waals surface area contributed by atoms with Gasteiger partial charge in [0, 0.05) is 12.6 Å². The van der Waals surface area contributed by atoms with E-state index in [2.05, 4.69) is 34.5 Å². The summed E-state index contributed by atoms with van der Waals surface area (Å²) >= 11 is 1.66. The third-order valence-corrected chi connectivity index (χ3v) is 5.71. The van der Waals surface area contributed by atoms with Crippen LogP contribution in [0.3, 0.4) is 0 Å². The Labute approximate surface area is 161 Å². The van der Waals surface area contributed by atoms with Crippen LogP contribution in [0.15, 0.2) is 90.1 Å². The minimum Gasteiger partial charge on any atom is -0.305 e. The number of aromatic nitrogens is 3. The molecule has 0 saturated heterocycles. The number of halogens is 1. The van der Waals surface area contributed by atoms with Crippen molar-refractivity contribution in [3.8, 4) is 11.4 Å². The summed E-state index contributed by atoms with van der Waals surface area (Å²) in [6.45, 7) is 0. The van der Waals surface area contributed by atoms with Gasteiger partial charge in [-0.1, -0.05) is 72.4 Å². The van der Waals surface area contributed by atoms with E-state index in [1.54, 1.807) is 23.9 Å². The molecule has 0 unspecified atom stereocenters. The van der Waals surface area contributed by atoms with E-state index in [1.807, 2.05) is 48.0 Å². The Morgan fingerprint density at radius 3 is 1.89 bits per heavy atom. The molecule has 3 aromatic carbocycles. The number of hydrogen-bond acceptors (Lipinski definition) is 3. The summed E-state index contributed by atoms with van der Waals surface area (Å²) < 4.78 is 15.2. The zero-order valence-corrected chi connectivity index (χ0v) is 15.6. The number of nitrogens with zero attached hydrogens (tertiary/aromatic N) is 3. The van der Waals surface area contributed by atoms with Crippen molar-refractivity contribution in [2.75, 3.05) is 0 Å². The van der Waals surface area contributed by atoms with Crippen LogP contribution in [0.5, 0.6) is 0 Å². The summed E-state index contributed by atoms with van der Waals surface area (Å²) in [4.78, 5) is 0. The summed E-state index contributed by atoms with van der Waals surface area (Å²) in [5.74, 6) is 0.459. The smallest absolute Gasteiger partial charge is 0.192 e. The molecule has 0 spiro atoms. The molecule has 1 aromatic heterocycles. The first-order valence-corrected chi connectivity index (χ1v) is 9.52. The van der Waals surface area contributed by atoms with Crippen molar-refractivity contribution >= 4 is 11.8 Å². The van der Waals surface area contributed by atoms with E-state index in [0.717, 1.165) is 16.5 Å². The molecular weight excluding hydrogens is 357 g/mol. The first kappa shape index (κ1) is 17.5. The zero-order chi connectivity index (χ0) is 18.6. The van der Waals surface area contributed by atoms with Crippen molar-refractivity contribution in [1.29, 1.82) is 0 Å². The molecule has 5 heteroatoms. The lowest BCUT2D eigenvalue weighted by Crippen LogP contribution is -2.00. The highest BCUT2D eigenvalue weighted by molar-refractivity contribution is 7.99. The molecule has 0 fully saturated rings. The highest BCUT2D eigenvalue weighted by atomic mass is 32.2. The molecule has 4 rings (SSSR count). The van der Waals surface area contributed by atoms with Crippen LogP contribution in [0.25, 0.3) is 11.4 Å². The van der Waals surface area contributed by atoms with Gasteiger partial charge in [0.1, 0.15) is 5.82 Å². The van der Waals surface area contributed by atoms with E-state index in [0.29, 0.717) is 0 Å². The van der Waals surface area contributed by atoms with Crippen LogP contribution in [0.1, 0.15) is 16.4 Å². The van der Waals surface area contributed by atoms with E-state index in [-0.39, 0.29) is 11.1 Å². The second kappa shape index (κ2) is 7.76. The van der Waals surface area contributed by atoms with Crippen LogP contribution < -0.4 is 0 Å². The molecule has 3 nitrogen and oxygen atoms in total. The van der Waals surface area contributed by atoms with Crippen LogP contribution in [0.2, 0.25) is 0 Å². The van der Waals surface area contributed by atoms with Crippen molar-refractivity contribution in [1.82, 2.24) is 14.8 Å². The zero-order valence-electron chi connectivity index (χ0n) is 14.8. The first-order valence-electron chi connectivity index (χ1n) is 8.64. The molecule has 27 heavy (non-hydrogen) atoms. The molecule has 0 atom stereocenters. The van der Waals surface area contributed by atoms with Gasteiger partial charge in [0.05, 0.1) is 5.25 Å². The van der Waals surface area contributed by atoms with Gasteiger partial charge in [-0.15, -0.1) is 10.2 Å². The Hall–Kier alpha value is -2.92. The molecule has 0 bridgehead atoms. The van der Waals surface area contributed by atoms with E-state index in [4.69, 9.17) is 0 Å². The highest BCUT2D eigenvalue weighted by Crippen LogP contribution is 2.40. The van der Waals surface area contributed by atoms with Crippen molar-refractivity contribution in [2.45, 2.75) is 10.4 Å². The quantitative estimate of drug-likeness (QED) is 0.431. The van der Waals surface area contributed by atoms with Crippen LogP contribution in [-0.4, -0.2) is 14.8 Å². The second-order valence-electron chi connectivity index (χ2n) is 6.19. The Balaban J connectivity index is 1.69. The molecule has 134 valence electrons. The fourth-order valence-corrected chi connectivity index (χ4v) is 4.09. The van der Waals surface area contributed by atoms with E-state index in [1.165, 1.54) is 23.3 Å². The first-order chi connectivity index (χ1) is 13.2. The van der Waals surface area contributed by atoms with Crippen LogP contribution in [-0.2, 0) is 7.05 Å². The normalized spacial score (nSPS) is 11.1. The van der Waals surface area contributed by atoms with Crippen LogP contribution >= 0.6 is 11.8 Å². The third-order valence-electron chi connectivity index (χ3n) is 4.37. The molecule has 0 aliphatic carbocycles. The largest absolute Gasteiger partial charge is 0.305 e. The van der Waals surface area contributed by atoms with Gasteiger partial charge < -0.3 is 4.57 Å². The predicted octanol–water partition coefficient (Wildman–Crippen LogP) is 5.50. The summed E-state index contributed by atoms with van der Waals surface area (Å²) in [6.07, 6.45) is 0. The Kier molecular flexibility index (Phi) is 5.03. The van der Waals surface area contributed by atoms with Gasteiger partial charge in [0.2, 0.25) is 0 Å². The molecule has 0 N–H and O–H groups in total. The highest BCUT2D eigenvalue weighted by Gasteiger charge is 2.20. The van der Waals surface area contributed by atoms with Crippen molar-refractivity contribution in [2.24, 2.45) is 7.05 Å². The van der Waals surface area contributed by atoms with Gasteiger partial charge in [0.25, 0.3) is 0 Å². The Bertz CT molecular complexity index is 975. The summed E-state index contributed by atoms with van der Waals surface area (Å²) in [5.41, 5.74) is 3.26. The summed E-state index contributed by atoms with van der Waals surface area (Å²) in [7, 11) is 1.94. The maximum atomic E-state index is 13.2. The average Bonchev–Trinajstić information content (AvgIpc) is 3.08. The minimum atomic E-state index is -0.260. The molecular formula is C22H18FN3S. The topological polar surface area (TPSA) is 30.7 Å². The maximum absolute atomic E-state index is 13.2. The number of thioether (sulfide) groups is 1. The number of benzene rings is 3. The fraction of sp³-hybridized carbons (Fsp3) is 0.0909. The van der Waals surface area contributed by atoms with Gasteiger partial charge in [-0.2, -0.15) is 0 Å². The SMILES string of the molecule is Cn1c(SC(c2ccccc2)c2ccccc2)nnc1-c1ccc(F)cc1. The maximum Gasteiger partial charge on any atom is 0.192 e. The van der Waals surface area contributed by atoms with Gasteiger partial charge in [-0.3, -0.25) is 0 Å². The lowest BCUT2D eigenvalue weighted by atomic mass is 10.0. The lowest BCUT2D eigenvalue weighted by Gasteiger charge is -2.17. The van der Waals surface area contributed by atoms with Crippen molar-refractivity contribution in [3.05, 3.63) is 102 Å². The monoisotopic (exact) mass is 375 g/mol. The second-order valence-corrected chi connectivity index (χ2v) is 7.26. The molecule has 0 saturated carbocycles. The van der Waals surface area contributed by atoms with Gasteiger partial charge in [-0.25, -0.2) is 4.39 Å². The van der Waals surface area contributed by atoms with Gasteiger partial charge in [-0.05, 0) is 35.4 Å².